The lowest BCUT2D eigenvalue weighted by Crippen LogP contribution is -2.12. The molecule has 5 heteroatoms. The van der Waals surface area contributed by atoms with Crippen LogP contribution < -0.4 is 14.2 Å². The molecule has 0 N–H and O–H groups in total. The molecule has 108 valence electrons. The number of rotatable bonds is 4. The number of fused-ring (bicyclic) bond motifs is 1. The molecule has 2 aromatic rings. The monoisotopic (exact) mass is 304 g/mol. The maximum atomic E-state index is 12.1. The number of Topliss-reactive ketones (excluding diaryl/α,β-unsaturated/α-hetero) is 1. The number of hydrogen-bond acceptors (Lipinski definition) is 4. The Labute approximate surface area is 127 Å². The first-order chi connectivity index (χ1) is 10.1. The lowest BCUT2D eigenvalue weighted by atomic mass is 10.1. The summed E-state index contributed by atoms with van der Waals surface area (Å²) in [5, 5.41) is 0.641. The Hall–Kier alpha value is -2.20. The molecule has 0 amide bonds. The summed E-state index contributed by atoms with van der Waals surface area (Å²) in [6, 6.07) is 10.4. The van der Waals surface area contributed by atoms with Crippen LogP contribution in [0.1, 0.15) is 15.9 Å². The third-order valence-corrected chi connectivity index (χ3v) is 3.43. The van der Waals surface area contributed by atoms with E-state index in [0.29, 0.717) is 27.8 Å². The molecule has 0 fully saturated rings. The van der Waals surface area contributed by atoms with Crippen LogP contribution in [0.5, 0.6) is 17.2 Å². The summed E-state index contributed by atoms with van der Waals surface area (Å²) in [6.07, 6.45) is 0. The molecule has 4 nitrogen and oxygen atoms in total. The van der Waals surface area contributed by atoms with Crippen molar-refractivity contribution >= 4 is 17.4 Å². The van der Waals surface area contributed by atoms with E-state index >= 15 is 0 Å². The second-order valence-corrected chi connectivity index (χ2v) is 5.13. The summed E-state index contributed by atoms with van der Waals surface area (Å²) in [6.45, 7) is 2.03. The molecule has 0 bridgehead atoms. The largest absolute Gasteiger partial charge is 0.485 e. The Morgan fingerprint density at radius 2 is 2.00 bits per heavy atom. The van der Waals surface area contributed by atoms with Crippen molar-refractivity contribution in [1.29, 1.82) is 0 Å². The Kier molecular flexibility index (Phi) is 3.71. The zero-order valence-corrected chi connectivity index (χ0v) is 12.1. The van der Waals surface area contributed by atoms with E-state index in [2.05, 4.69) is 0 Å². The Balaban J connectivity index is 1.69. The highest BCUT2D eigenvalue weighted by atomic mass is 35.5. The van der Waals surface area contributed by atoms with Crippen molar-refractivity contribution in [3.05, 3.63) is 52.5 Å². The fourth-order valence-electron chi connectivity index (χ4n) is 2.07. The standard InChI is InChI=1S/C16H13ClO4/c1-10-6-12(17)3-5-14(10)19-8-13(18)11-2-4-15-16(7-11)21-9-20-15/h2-7H,8-9H2,1H3. The van der Waals surface area contributed by atoms with Crippen LogP contribution in [-0.4, -0.2) is 19.2 Å². The van der Waals surface area contributed by atoms with Crippen molar-refractivity contribution in [2.24, 2.45) is 0 Å². The topological polar surface area (TPSA) is 44.8 Å². The summed E-state index contributed by atoms with van der Waals surface area (Å²) >= 11 is 5.88. The van der Waals surface area contributed by atoms with Gasteiger partial charge < -0.3 is 14.2 Å². The van der Waals surface area contributed by atoms with Crippen LogP contribution in [0, 0.1) is 6.92 Å². The molecule has 1 heterocycles. The molecule has 0 saturated carbocycles. The third-order valence-electron chi connectivity index (χ3n) is 3.19. The number of carbonyl (C=O) groups excluding carboxylic acids is 1. The zero-order chi connectivity index (χ0) is 14.8. The smallest absolute Gasteiger partial charge is 0.231 e. The molecule has 0 aromatic heterocycles. The molecular formula is C16H13ClO4. The van der Waals surface area contributed by atoms with Crippen molar-refractivity contribution < 1.29 is 19.0 Å². The van der Waals surface area contributed by atoms with Crippen molar-refractivity contribution in [1.82, 2.24) is 0 Å². The van der Waals surface area contributed by atoms with Crippen molar-refractivity contribution in [2.45, 2.75) is 6.92 Å². The lowest BCUT2D eigenvalue weighted by Gasteiger charge is -2.09. The maximum absolute atomic E-state index is 12.1. The lowest BCUT2D eigenvalue weighted by molar-refractivity contribution is 0.0920. The van der Waals surface area contributed by atoms with Gasteiger partial charge in [0, 0.05) is 10.6 Å². The van der Waals surface area contributed by atoms with Gasteiger partial charge in [-0.15, -0.1) is 0 Å². The van der Waals surface area contributed by atoms with Crippen molar-refractivity contribution in [3.8, 4) is 17.2 Å². The average molecular weight is 305 g/mol. The molecule has 0 atom stereocenters. The Morgan fingerprint density at radius 1 is 1.19 bits per heavy atom. The minimum atomic E-state index is -0.123. The quantitative estimate of drug-likeness (QED) is 0.809. The number of ether oxygens (including phenoxy) is 3. The van der Waals surface area contributed by atoms with Gasteiger partial charge in [-0.2, -0.15) is 0 Å². The molecule has 0 unspecified atom stereocenters. The molecule has 21 heavy (non-hydrogen) atoms. The van der Waals surface area contributed by atoms with Crippen molar-refractivity contribution in [2.75, 3.05) is 13.4 Å². The molecule has 0 aliphatic carbocycles. The van der Waals surface area contributed by atoms with Crippen LogP contribution in [0.15, 0.2) is 36.4 Å². The van der Waals surface area contributed by atoms with Gasteiger partial charge in [0.15, 0.2) is 23.9 Å². The molecule has 1 aliphatic heterocycles. The fourth-order valence-corrected chi connectivity index (χ4v) is 2.30. The molecule has 0 saturated heterocycles. The Morgan fingerprint density at radius 3 is 2.81 bits per heavy atom. The van der Waals surface area contributed by atoms with Crippen LogP contribution in [0.4, 0.5) is 0 Å². The SMILES string of the molecule is Cc1cc(Cl)ccc1OCC(=O)c1ccc2c(c1)OCO2. The molecule has 3 rings (SSSR count). The highest BCUT2D eigenvalue weighted by Crippen LogP contribution is 2.32. The zero-order valence-electron chi connectivity index (χ0n) is 11.4. The van der Waals surface area contributed by atoms with Crippen LogP contribution >= 0.6 is 11.6 Å². The first-order valence-electron chi connectivity index (χ1n) is 6.45. The number of aryl methyl sites for hydroxylation is 1. The summed E-state index contributed by atoms with van der Waals surface area (Å²) in [4.78, 5) is 12.1. The molecule has 2 aromatic carbocycles. The predicted molar refractivity (Wildman–Crippen MR) is 78.6 cm³/mol. The van der Waals surface area contributed by atoms with E-state index < -0.39 is 0 Å². The molecule has 0 spiro atoms. The molecular weight excluding hydrogens is 292 g/mol. The van der Waals surface area contributed by atoms with Crippen LogP contribution in [0.25, 0.3) is 0 Å². The van der Waals surface area contributed by atoms with E-state index in [4.69, 9.17) is 25.8 Å². The van der Waals surface area contributed by atoms with Crippen LogP contribution in [0.3, 0.4) is 0 Å². The van der Waals surface area contributed by atoms with Crippen LogP contribution in [0.2, 0.25) is 5.02 Å². The van der Waals surface area contributed by atoms with Crippen LogP contribution in [-0.2, 0) is 0 Å². The summed E-state index contributed by atoms with van der Waals surface area (Å²) in [7, 11) is 0. The molecule has 0 radical (unpaired) electrons. The third kappa shape index (κ3) is 2.95. The van der Waals surface area contributed by atoms with Gasteiger partial charge in [-0.05, 0) is 48.9 Å². The normalized spacial score (nSPS) is 12.3. The second-order valence-electron chi connectivity index (χ2n) is 4.69. The Bertz CT molecular complexity index is 697. The van der Waals surface area contributed by atoms with Crippen molar-refractivity contribution in [3.63, 3.8) is 0 Å². The summed E-state index contributed by atoms with van der Waals surface area (Å²) < 4.78 is 16.0. The number of benzene rings is 2. The van der Waals surface area contributed by atoms with E-state index in [1.807, 2.05) is 6.92 Å². The number of carbonyl (C=O) groups is 1. The minimum Gasteiger partial charge on any atom is -0.485 e. The van der Waals surface area contributed by atoms with Gasteiger partial charge in [0.05, 0.1) is 0 Å². The van der Waals surface area contributed by atoms with Gasteiger partial charge in [0.25, 0.3) is 0 Å². The highest BCUT2D eigenvalue weighted by molar-refractivity contribution is 6.30. The minimum absolute atomic E-state index is 0.0396. The van der Waals surface area contributed by atoms with Gasteiger partial charge >= 0.3 is 0 Å². The summed E-state index contributed by atoms with van der Waals surface area (Å²) in [5.41, 5.74) is 1.42. The van der Waals surface area contributed by atoms with E-state index in [9.17, 15) is 4.79 Å². The number of hydrogen-bond donors (Lipinski definition) is 0. The first kappa shape index (κ1) is 13.8. The molecule has 1 aliphatic rings. The average Bonchev–Trinajstić information content (AvgIpc) is 2.93. The van der Waals surface area contributed by atoms with Gasteiger partial charge in [-0.1, -0.05) is 11.6 Å². The summed E-state index contributed by atoms with van der Waals surface area (Å²) in [5.74, 6) is 1.76. The predicted octanol–water partition coefficient (Wildman–Crippen LogP) is 3.64. The van der Waals surface area contributed by atoms with Gasteiger partial charge in [-0.3, -0.25) is 4.79 Å². The van der Waals surface area contributed by atoms with E-state index in [0.717, 1.165) is 5.56 Å². The van der Waals surface area contributed by atoms with Gasteiger partial charge in [-0.25, -0.2) is 0 Å². The van der Waals surface area contributed by atoms with E-state index in [1.54, 1.807) is 36.4 Å². The maximum Gasteiger partial charge on any atom is 0.231 e. The van der Waals surface area contributed by atoms with E-state index in [-0.39, 0.29) is 19.2 Å². The fraction of sp³-hybridized carbons (Fsp3) is 0.188. The highest BCUT2D eigenvalue weighted by Gasteiger charge is 2.16. The second kappa shape index (κ2) is 5.66. The number of halogens is 1. The van der Waals surface area contributed by atoms with Gasteiger partial charge in [0.2, 0.25) is 6.79 Å². The number of ketones is 1. The first-order valence-corrected chi connectivity index (χ1v) is 6.83. The van der Waals surface area contributed by atoms with E-state index in [1.165, 1.54) is 0 Å². The van der Waals surface area contributed by atoms with Gasteiger partial charge in [0.1, 0.15) is 5.75 Å².